The van der Waals surface area contributed by atoms with E-state index in [-0.39, 0.29) is 5.54 Å². The fraction of sp³-hybridized carbons (Fsp3) is 0.833. The molecule has 0 spiro atoms. The molecule has 17 heavy (non-hydrogen) atoms. The van der Waals surface area contributed by atoms with E-state index >= 15 is 0 Å². The Kier molecular flexibility index (Phi) is 2.88. The molecule has 2 fully saturated rings. The molecule has 5 nitrogen and oxygen atoms in total. The summed E-state index contributed by atoms with van der Waals surface area (Å²) >= 11 is 0. The lowest BCUT2D eigenvalue weighted by atomic mass is 9.90. The van der Waals surface area contributed by atoms with E-state index in [1.165, 1.54) is 25.7 Å². The Balaban J connectivity index is 1.78. The predicted molar refractivity (Wildman–Crippen MR) is 63.5 cm³/mol. The lowest BCUT2D eigenvalue weighted by Gasteiger charge is -2.30. The van der Waals surface area contributed by atoms with Gasteiger partial charge in [0.1, 0.15) is 5.82 Å². The van der Waals surface area contributed by atoms with Gasteiger partial charge in [0, 0.05) is 19.1 Å². The van der Waals surface area contributed by atoms with Gasteiger partial charge in [-0.05, 0) is 25.7 Å². The van der Waals surface area contributed by atoms with Crippen molar-refractivity contribution in [3.05, 3.63) is 11.6 Å². The zero-order valence-electron chi connectivity index (χ0n) is 10.1. The molecule has 0 atom stereocenters. The molecule has 5 heteroatoms. The molecule has 2 heterocycles. The molecule has 3 N–H and O–H groups in total. The zero-order chi connectivity index (χ0) is 11.7. The van der Waals surface area contributed by atoms with Crippen molar-refractivity contribution in [3.8, 4) is 0 Å². The summed E-state index contributed by atoms with van der Waals surface area (Å²) in [5.74, 6) is 2.39. The van der Waals surface area contributed by atoms with Gasteiger partial charge in [0.2, 0.25) is 0 Å². The smallest absolute Gasteiger partial charge is 0.170 e. The van der Waals surface area contributed by atoms with E-state index in [1.807, 2.05) is 0 Å². The zero-order valence-corrected chi connectivity index (χ0v) is 10.1. The van der Waals surface area contributed by atoms with Crippen LogP contribution >= 0.6 is 0 Å². The average molecular weight is 236 g/mol. The third-order valence-electron chi connectivity index (χ3n) is 4.07. The third kappa shape index (κ3) is 2.09. The predicted octanol–water partition coefficient (Wildman–Crippen LogP) is 1.43. The van der Waals surface area contributed by atoms with Gasteiger partial charge in [-0.2, -0.15) is 5.10 Å². The van der Waals surface area contributed by atoms with Crippen molar-refractivity contribution in [2.75, 3.05) is 13.2 Å². The Morgan fingerprint density at radius 1 is 1.24 bits per heavy atom. The lowest BCUT2D eigenvalue weighted by molar-refractivity contribution is 0.0493. The molecule has 94 valence electrons. The molecule has 1 aliphatic heterocycles. The first kappa shape index (κ1) is 11.2. The van der Waals surface area contributed by atoms with Crippen molar-refractivity contribution in [2.24, 2.45) is 5.73 Å². The monoisotopic (exact) mass is 236 g/mol. The summed E-state index contributed by atoms with van der Waals surface area (Å²) in [5.41, 5.74) is 5.98. The highest BCUT2D eigenvalue weighted by Crippen LogP contribution is 2.33. The Labute approximate surface area is 101 Å². The molecule has 1 aromatic heterocycles. The Hall–Kier alpha value is -0.940. The van der Waals surface area contributed by atoms with Crippen molar-refractivity contribution in [2.45, 2.75) is 50.0 Å². The highest BCUT2D eigenvalue weighted by atomic mass is 16.5. The fourth-order valence-electron chi connectivity index (χ4n) is 2.84. The maximum Gasteiger partial charge on any atom is 0.170 e. The van der Waals surface area contributed by atoms with Gasteiger partial charge in [-0.15, -0.1) is 0 Å². The maximum atomic E-state index is 6.37. The number of hydrogen-bond donors (Lipinski definition) is 2. The second-order valence-corrected chi connectivity index (χ2v) is 5.29. The highest BCUT2D eigenvalue weighted by molar-refractivity contribution is 5.09. The van der Waals surface area contributed by atoms with Gasteiger partial charge in [-0.3, -0.25) is 5.10 Å². The third-order valence-corrected chi connectivity index (χ3v) is 4.07. The fourth-order valence-corrected chi connectivity index (χ4v) is 2.84. The number of nitrogens with zero attached hydrogens (tertiary/aromatic N) is 2. The van der Waals surface area contributed by atoms with Gasteiger partial charge < -0.3 is 10.5 Å². The van der Waals surface area contributed by atoms with E-state index in [0.717, 1.165) is 24.5 Å². The largest absolute Gasteiger partial charge is 0.381 e. The van der Waals surface area contributed by atoms with Crippen LogP contribution in [0.15, 0.2) is 0 Å². The summed E-state index contributed by atoms with van der Waals surface area (Å²) in [6, 6.07) is 0. The van der Waals surface area contributed by atoms with Crippen molar-refractivity contribution >= 4 is 0 Å². The minimum absolute atomic E-state index is 0.383. The van der Waals surface area contributed by atoms with E-state index in [9.17, 15) is 0 Å². The van der Waals surface area contributed by atoms with E-state index in [4.69, 9.17) is 10.5 Å². The van der Waals surface area contributed by atoms with Crippen LogP contribution in [0.4, 0.5) is 0 Å². The van der Waals surface area contributed by atoms with E-state index < -0.39 is 0 Å². The molecule has 0 amide bonds. The van der Waals surface area contributed by atoms with Gasteiger partial charge >= 0.3 is 0 Å². The molecule has 0 aromatic carbocycles. The van der Waals surface area contributed by atoms with Gasteiger partial charge in [-0.1, -0.05) is 12.8 Å². The first-order valence-corrected chi connectivity index (χ1v) is 6.57. The van der Waals surface area contributed by atoms with Crippen molar-refractivity contribution in [3.63, 3.8) is 0 Å². The summed E-state index contributed by atoms with van der Waals surface area (Å²) < 4.78 is 5.35. The van der Waals surface area contributed by atoms with Crippen LogP contribution < -0.4 is 5.73 Å². The highest BCUT2D eigenvalue weighted by Gasteiger charge is 2.34. The van der Waals surface area contributed by atoms with Crippen molar-refractivity contribution in [1.29, 1.82) is 0 Å². The molecule has 0 bridgehead atoms. The summed E-state index contributed by atoms with van der Waals surface area (Å²) in [6.07, 6.45) is 6.71. The summed E-state index contributed by atoms with van der Waals surface area (Å²) in [7, 11) is 0. The molecule has 3 rings (SSSR count). The Morgan fingerprint density at radius 3 is 2.65 bits per heavy atom. The van der Waals surface area contributed by atoms with Crippen LogP contribution in [0.2, 0.25) is 0 Å². The second kappa shape index (κ2) is 4.38. The molecular weight excluding hydrogens is 216 g/mol. The van der Waals surface area contributed by atoms with Crippen LogP contribution in [0.3, 0.4) is 0 Å². The molecule has 0 radical (unpaired) electrons. The topological polar surface area (TPSA) is 76.8 Å². The second-order valence-electron chi connectivity index (χ2n) is 5.29. The maximum absolute atomic E-state index is 6.37. The van der Waals surface area contributed by atoms with Crippen LogP contribution in [0.5, 0.6) is 0 Å². The first-order valence-electron chi connectivity index (χ1n) is 6.57. The minimum atomic E-state index is -0.383. The molecule has 1 saturated carbocycles. The number of nitrogens with two attached hydrogens (primary N) is 1. The number of hydrogen-bond acceptors (Lipinski definition) is 4. The lowest BCUT2D eigenvalue weighted by Crippen LogP contribution is -2.43. The summed E-state index contributed by atoms with van der Waals surface area (Å²) in [4.78, 5) is 4.64. The molecule has 0 unspecified atom stereocenters. The minimum Gasteiger partial charge on any atom is -0.381 e. The number of nitrogens with one attached hydrogen (secondary N) is 1. The number of aromatic amines is 1. The summed E-state index contributed by atoms with van der Waals surface area (Å²) in [6.45, 7) is 1.42. The number of aromatic nitrogens is 3. The molecule has 1 saturated heterocycles. The standard InChI is InChI=1S/C12H20N4O/c13-12(5-7-17-8-6-12)11-14-10(15-16-11)9-3-1-2-4-9/h9H,1-8,13H2,(H,14,15,16). The van der Waals surface area contributed by atoms with Gasteiger partial charge in [0.05, 0.1) is 5.54 Å². The van der Waals surface area contributed by atoms with Crippen LogP contribution in [0.25, 0.3) is 0 Å². The summed E-state index contributed by atoms with van der Waals surface area (Å²) in [5, 5.41) is 7.43. The average Bonchev–Trinajstić information content (AvgIpc) is 3.01. The van der Waals surface area contributed by atoms with E-state index in [2.05, 4.69) is 15.2 Å². The van der Waals surface area contributed by atoms with Crippen molar-refractivity contribution in [1.82, 2.24) is 15.2 Å². The number of H-pyrrole nitrogens is 1. The van der Waals surface area contributed by atoms with Gasteiger partial charge in [0.15, 0.2) is 5.82 Å². The first-order chi connectivity index (χ1) is 8.28. The van der Waals surface area contributed by atoms with E-state index in [0.29, 0.717) is 19.1 Å². The molecule has 1 aromatic rings. The molecular formula is C12H20N4O. The number of rotatable bonds is 2. The number of ether oxygens (including phenoxy) is 1. The Morgan fingerprint density at radius 2 is 1.94 bits per heavy atom. The normalized spacial score (nSPS) is 25.2. The van der Waals surface area contributed by atoms with Crippen LogP contribution in [0.1, 0.15) is 56.1 Å². The molecule has 1 aliphatic carbocycles. The van der Waals surface area contributed by atoms with Gasteiger partial charge in [0.25, 0.3) is 0 Å². The van der Waals surface area contributed by atoms with Crippen LogP contribution in [0, 0.1) is 0 Å². The quantitative estimate of drug-likeness (QED) is 0.814. The van der Waals surface area contributed by atoms with E-state index in [1.54, 1.807) is 0 Å². The Bertz CT molecular complexity index is 378. The molecule has 2 aliphatic rings. The van der Waals surface area contributed by atoms with Crippen LogP contribution in [-0.2, 0) is 10.3 Å². The van der Waals surface area contributed by atoms with Crippen molar-refractivity contribution < 1.29 is 4.74 Å². The SMILES string of the molecule is NC1(c2n[nH]c(C3CCCC3)n2)CCOCC1. The van der Waals surface area contributed by atoms with Crippen LogP contribution in [-0.4, -0.2) is 28.4 Å². The van der Waals surface area contributed by atoms with Gasteiger partial charge in [-0.25, -0.2) is 4.98 Å².